The van der Waals surface area contributed by atoms with Crippen molar-refractivity contribution in [3.63, 3.8) is 0 Å². The van der Waals surface area contributed by atoms with Crippen LogP contribution in [-0.2, 0) is 54.5 Å². The van der Waals surface area contributed by atoms with Crippen molar-refractivity contribution >= 4 is 86.3 Å². The summed E-state index contributed by atoms with van der Waals surface area (Å²) in [5.74, 6) is 1.77. The van der Waals surface area contributed by atoms with Crippen LogP contribution in [0.5, 0.6) is 11.5 Å². The predicted octanol–water partition coefficient (Wildman–Crippen LogP) is 18.7. The van der Waals surface area contributed by atoms with Gasteiger partial charge in [0.05, 0.1) is 0 Å². The van der Waals surface area contributed by atoms with Crippen LogP contribution >= 0.6 is 29.1 Å². The van der Waals surface area contributed by atoms with Crippen LogP contribution in [0, 0.1) is 138 Å². The molecule has 8 aromatic carbocycles. The minimum Gasteiger partial charge on any atom is -0.779 e. The molecule has 0 aromatic heterocycles. The number of aryl methyl sites for hydroxylation is 18. The van der Waals surface area contributed by atoms with Gasteiger partial charge in [-0.2, -0.15) is 23.1 Å². The van der Waals surface area contributed by atoms with Crippen molar-refractivity contribution in [2.45, 2.75) is 174 Å². The second-order valence-electron chi connectivity index (χ2n) is 25.3. The van der Waals surface area contributed by atoms with E-state index in [9.17, 15) is 0 Å². The fourth-order valence-electron chi connectivity index (χ4n) is 12.5. The smallest absolute Gasteiger partial charge is 0.779 e. The average molecular weight is 1560 g/mol. The summed E-state index contributed by atoms with van der Waals surface area (Å²) in [7, 11) is 17.4. The first-order valence-electron chi connectivity index (χ1n) is 31.8. The third-order valence-electron chi connectivity index (χ3n) is 15.5. The summed E-state index contributed by atoms with van der Waals surface area (Å²) in [5.41, 5.74) is 31.2. The third kappa shape index (κ3) is 25.3. The van der Waals surface area contributed by atoms with Crippen LogP contribution in [0.1, 0.15) is 140 Å². The maximum atomic E-state index is 5.82. The van der Waals surface area contributed by atoms with E-state index in [0.717, 1.165) is 58.6 Å². The first-order chi connectivity index (χ1) is 43.8. The van der Waals surface area contributed by atoms with Crippen LogP contribution in [-0.4, -0.2) is 47.6 Å². The zero-order valence-electron chi connectivity index (χ0n) is 60.1. The number of anilines is 4. The molecule has 2 saturated heterocycles. The molecule has 2 aliphatic rings. The fourth-order valence-corrected chi connectivity index (χ4v) is 15.6. The van der Waals surface area contributed by atoms with Gasteiger partial charge in [-0.15, -0.1) is 0 Å². The van der Waals surface area contributed by atoms with Gasteiger partial charge in [-0.3, -0.25) is 0 Å². The SMILES string of the molecule is CC(C)Oc1ccccc1[CH]=[Ru]([Cl])[Cl].CC(C)Oc1ccccc1[CH]=[Ru][Cl].Cc1cc(C)c(N2[CH-]N(c3c(C)cc(C)cc3C)CC2)c(C)c1.Cc1cc(C)c(N2[CH-]N(c3c(C)cc(C)cc3C)CC2)c(C)c1.Cc1cc(C)c([S-])c(C)c1.Cc1cc(C)c([S-])c(C)c1.[HH].[K+]. The number of hydrogen-bond acceptors (Lipinski definition) is 8. The number of benzene rings is 8. The van der Waals surface area contributed by atoms with E-state index in [-0.39, 0.29) is 80.7 Å². The number of ether oxygens (including phenoxy) is 2. The van der Waals surface area contributed by atoms with E-state index in [1.54, 1.807) is 0 Å². The van der Waals surface area contributed by atoms with E-state index in [2.05, 4.69) is 230 Å². The Balaban J connectivity index is 0.000000306. The van der Waals surface area contributed by atoms with Crippen LogP contribution in [0.25, 0.3) is 0 Å². The molecule has 2 heterocycles. The molecule has 0 atom stereocenters. The summed E-state index contributed by atoms with van der Waals surface area (Å²) in [5, 5.41) is 0. The first kappa shape index (κ1) is 82.9. The monoisotopic (exact) mass is 1560 g/mol. The van der Waals surface area contributed by atoms with Crippen LogP contribution in [0.15, 0.2) is 131 Å². The van der Waals surface area contributed by atoms with E-state index in [1.807, 2.05) is 85.4 Å². The maximum absolute atomic E-state index is 5.82. The van der Waals surface area contributed by atoms with Crippen LogP contribution in [0.2, 0.25) is 0 Å². The molecule has 14 heteroatoms. The molecule has 0 amide bonds. The quantitative estimate of drug-likeness (QED) is 0.0761. The average Bonchev–Trinajstić information content (AvgIpc) is 1.70. The van der Waals surface area contributed by atoms with Gasteiger partial charge in [-0.1, -0.05) is 128 Å². The number of nitrogens with zero attached hydrogens (tertiary/aromatic N) is 4. The molecule has 8 aromatic rings. The molecular weight excluding hydrogens is 1460 g/mol. The van der Waals surface area contributed by atoms with Gasteiger partial charge >= 0.3 is 239 Å². The topological polar surface area (TPSA) is 31.4 Å². The Bertz CT molecular complexity index is 3440. The molecule has 2 aliphatic heterocycles. The van der Waals surface area contributed by atoms with Crippen molar-refractivity contribution in [3.05, 3.63) is 246 Å². The molecule has 6 nitrogen and oxygen atoms in total. The normalized spacial score (nSPS) is 12.6. The van der Waals surface area contributed by atoms with Gasteiger partial charge in [0.1, 0.15) is 0 Å². The van der Waals surface area contributed by atoms with Crippen LogP contribution in [0.3, 0.4) is 0 Å². The molecule has 0 saturated carbocycles. The summed E-state index contributed by atoms with van der Waals surface area (Å²) in [6.45, 7) is 55.6. The molecule has 0 N–H and O–H groups in total. The van der Waals surface area contributed by atoms with Gasteiger partial charge < -0.3 is 44.9 Å². The Morgan fingerprint density at radius 3 is 0.862 bits per heavy atom. The van der Waals surface area contributed by atoms with E-state index in [0.29, 0.717) is 0 Å². The van der Waals surface area contributed by atoms with Crippen molar-refractivity contribution in [1.82, 2.24) is 0 Å². The predicted molar refractivity (Wildman–Crippen MR) is 408 cm³/mol. The molecule has 507 valence electrons. The Morgan fingerprint density at radius 2 is 0.628 bits per heavy atom. The maximum Gasteiger partial charge on any atom is 1.00 e. The second kappa shape index (κ2) is 39.9. The van der Waals surface area contributed by atoms with E-state index in [1.165, 1.54) is 123 Å². The number of rotatable bonds is 10. The third-order valence-corrected chi connectivity index (χ3v) is 19.8. The number of hydrogen-bond donors (Lipinski definition) is 0. The molecule has 2 fully saturated rings. The molecule has 0 aliphatic carbocycles. The van der Waals surface area contributed by atoms with Crippen molar-refractivity contribution < 1.29 is 91.5 Å². The zero-order chi connectivity index (χ0) is 69.1. The van der Waals surface area contributed by atoms with Crippen LogP contribution in [0.4, 0.5) is 22.7 Å². The van der Waals surface area contributed by atoms with E-state index < -0.39 is 13.5 Å². The largest absolute Gasteiger partial charge is 1.00 e. The summed E-state index contributed by atoms with van der Waals surface area (Å²) in [6.07, 6.45) is 0.372. The number of halogens is 3. The minimum absolute atomic E-state index is 0. The standard InChI is InChI=1S/2C21H27N2.2C10H12O.2C9H12S.3ClH.K.2Ru.H2/c2*1-14-9-16(3)20(17(4)10-14)22-7-8-23(13-22)21-18(5)11-15(2)12-19(21)6;2*1-8(2)11-10-7-5-4-6-9(10)3;2*1-6-4-7(2)9(10)8(3)5-6;;;;;;;/h2*9-13H,7-8H2,1-6H3;2*3-8H,1-2H3;2*4-5,10H,1-3H3;3*1H;;;;1H/q2*-1;;;;;;;;2*+1;+2;/p-5. The van der Waals surface area contributed by atoms with Crippen molar-refractivity contribution in [3.8, 4) is 11.5 Å². The van der Waals surface area contributed by atoms with Crippen molar-refractivity contribution in [1.29, 1.82) is 0 Å². The van der Waals surface area contributed by atoms with Gasteiger partial charge in [0.25, 0.3) is 0 Å². The molecule has 0 unspecified atom stereocenters. The Morgan fingerprint density at radius 1 is 0.404 bits per heavy atom. The Kier molecular flexibility index (Phi) is 35.2. The van der Waals surface area contributed by atoms with Gasteiger partial charge in [0.2, 0.25) is 0 Å². The Hall–Kier alpha value is -3.51. The van der Waals surface area contributed by atoms with E-state index >= 15 is 0 Å². The van der Waals surface area contributed by atoms with Crippen LogP contribution < -0.4 is 80.5 Å². The van der Waals surface area contributed by atoms with Gasteiger partial charge in [-0.25, -0.2) is 0 Å². The molecule has 0 spiro atoms. The minimum atomic E-state index is -1.77. The zero-order valence-corrected chi connectivity index (χ0v) is 70.6. The summed E-state index contributed by atoms with van der Waals surface area (Å²) in [4.78, 5) is 11.6. The molecule has 94 heavy (non-hydrogen) atoms. The summed E-state index contributed by atoms with van der Waals surface area (Å²) < 4.78 is 15.2. The second-order valence-corrected chi connectivity index (χ2v) is 33.7. The molecule has 0 bridgehead atoms. The van der Waals surface area contributed by atoms with Gasteiger partial charge in [0, 0.05) is 50.4 Å². The van der Waals surface area contributed by atoms with Gasteiger partial charge in [0.15, 0.2) is 0 Å². The van der Waals surface area contributed by atoms with Crippen molar-refractivity contribution in [2.75, 3.05) is 45.8 Å². The molecule has 0 radical (unpaired) electrons. The number of para-hydroxylation sites is 2. The van der Waals surface area contributed by atoms with Crippen molar-refractivity contribution in [2.24, 2.45) is 0 Å². The summed E-state index contributed by atoms with van der Waals surface area (Å²) >= 11 is 8.35. The van der Waals surface area contributed by atoms with Gasteiger partial charge in [-0.05, 0) is 169 Å². The molecule has 10 rings (SSSR count). The molecular formula is C80H102Cl3KN4O2Ru2S2-3. The first-order valence-corrected chi connectivity index (χ1v) is 41.3. The van der Waals surface area contributed by atoms with E-state index in [4.69, 9.17) is 63.8 Å². The summed E-state index contributed by atoms with van der Waals surface area (Å²) in [6, 6.07) is 42.4. The fraction of sp³-hybridized carbons (Fsp3) is 0.350. The Labute approximate surface area is 647 Å².